The van der Waals surface area contributed by atoms with Crippen molar-refractivity contribution >= 4 is 34.5 Å². The lowest BCUT2D eigenvalue weighted by molar-refractivity contribution is -0.132. The number of methoxy groups -OCH3 is 1. The van der Waals surface area contributed by atoms with Crippen LogP contribution in [0.5, 0.6) is 11.5 Å². The first-order valence-electron chi connectivity index (χ1n) is 10.2. The lowest BCUT2D eigenvalue weighted by Crippen LogP contribution is -2.29. The van der Waals surface area contributed by atoms with E-state index in [1.807, 2.05) is 31.4 Å². The van der Waals surface area contributed by atoms with Gasteiger partial charge in [-0.3, -0.25) is 14.5 Å². The molecule has 1 aliphatic rings. The Kier molecular flexibility index (Phi) is 6.01. The zero-order valence-electron chi connectivity index (χ0n) is 17.9. The molecule has 1 amide bonds. The Morgan fingerprint density at radius 2 is 1.78 bits per heavy atom. The molecule has 0 saturated carbocycles. The molecule has 32 heavy (non-hydrogen) atoms. The monoisotopic (exact) mass is 449 g/mol. The Hall–Kier alpha value is -3.58. The Morgan fingerprint density at radius 3 is 2.41 bits per heavy atom. The van der Waals surface area contributed by atoms with Gasteiger partial charge in [-0.15, -0.1) is 11.3 Å². The molecule has 2 aromatic carbocycles. The van der Waals surface area contributed by atoms with E-state index in [1.54, 1.807) is 55.6 Å². The smallest absolute Gasteiger partial charge is 0.300 e. The number of ether oxygens (including phenoxy) is 2. The van der Waals surface area contributed by atoms with Crippen molar-refractivity contribution in [3.8, 4) is 11.5 Å². The number of thiophene rings is 1. The number of benzene rings is 2. The van der Waals surface area contributed by atoms with Crippen LogP contribution in [0.4, 0.5) is 5.69 Å². The molecule has 1 unspecified atom stereocenters. The Labute approximate surface area is 190 Å². The average molecular weight is 450 g/mol. The summed E-state index contributed by atoms with van der Waals surface area (Å²) >= 11 is 1.42. The predicted molar refractivity (Wildman–Crippen MR) is 124 cm³/mol. The van der Waals surface area contributed by atoms with E-state index in [1.165, 1.54) is 16.2 Å². The van der Waals surface area contributed by atoms with E-state index in [0.717, 1.165) is 4.88 Å². The lowest BCUT2D eigenvalue weighted by Gasteiger charge is -2.24. The second-order valence-corrected chi connectivity index (χ2v) is 8.56. The number of carbonyl (C=O) groups excluding carboxylic acids is 2. The molecule has 0 radical (unpaired) electrons. The fourth-order valence-corrected chi connectivity index (χ4v) is 4.53. The van der Waals surface area contributed by atoms with E-state index in [-0.39, 0.29) is 17.4 Å². The standard InChI is InChI=1S/C25H23NO5S/c1-15(2)31-19-7-4-6-16(14-19)23(27)21-22(20-8-5-13-32-20)26(25(29)24(21)28)17-9-11-18(30-3)12-10-17/h4-15,22,27H,1-3H3/b23-21-. The van der Waals surface area contributed by atoms with Crippen molar-refractivity contribution < 1.29 is 24.2 Å². The first kappa shape index (κ1) is 21.6. The number of rotatable bonds is 6. The van der Waals surface area contributed by atoms with Crippen molar-refractivity contribution in [3.05, 3.63) is 82.1 Å². The van der Waals surface area contributed by atoms with Gasteiger partial charge >= 0.3 is 0 Å². The third-order valence-electron chi connectivity index (χ3n) is 5.09. The van der Waals surface area contributed by atoms with Crippen LogP contribution < -0.4 is 14.4 Å². The highest BCUT2D eigenvalue weighted by Crippen LogP contribution is 2.44. The molecule has 6 nitrogen and oxygen atoms in total. The Morgan fingerprint density at radius 1 is 1.03 bits per heavy atom. The summed E-state index contributed by atoms with van der Waals surface area (Å²) in [5.41, 5.74) is 1.01. The molecule has 4 rings (SSSR count). The fraction of sp³-hybridized carbons (Fsp3) is 0.200. The second kappa shape index (κ2) is 8.88. The van der Waals surface area contributed by atoms with Gasteiger partial charge in [0.05, 0.1) is 18.8 Å². The number of aliphatic hydroxyl groups is 1. The summed E-state index contributed by atoms with van der Waals surface area (Å²) in [5.74, 6) is -0.440. The molecule has 1 N–H and O–H groups in total. The molecule has 1 aromatic heterocycles. The van der Waals surface area contributed by atoms with Gasteiger partial charge in [-0.1, -0.05) is 18.2 Å². The van der Waals surface area contributed by atoms with E-state index in [9.17, 15) is 14.7 Å². The van der Waals surface area contributed by atoms with Crippen molar-refractivity contribution in [2.45, 2.75) is 26.0 Å². The largest absolute Gasteiger partial charge is 0.507 e. The van der Waals surface area contributed by atoms with Gasteiger partial charge in [0.2, 0.25) is 0 Å². The van der Waals surface area contributed by atoms with Crippen molar-refractivity contribution in [2.75, 3.05) is 12.0 Å². The zero-order chi connectivity index (χ0) is 22.8. The first-order chi connectivity index (χ1) is 15.4. The summed E-state index contributed by atoms with van der Waals surface area (Å²) < 4.78 is 10.9. The molecule has 1 atom stereocenters. The van der Waals surface area contributed by atoms with Crippen molar-refractivity contribution in [1.29, 1.82) is 0 Å². The van der Waals surface area contributed by atoms with Gasteiger partial charge in [0.1, 0.15) is 23.3 Å². The number of ketones is 1. The van der Waals surface area contributed by atoms with Crippen LogP contribution >= 0.6 is 11.3 Å². The summed E-state index contributed by atoms with van der Waals surface area (Å²) in [5, 5.41) is 13.1. The molecular formula is C25H23NO5S. The summed E-state index contributed by atoms with van der Waals surface area (Å²) in [6.45, 7) is 3.81. The maximum atomic E-state index is 13.1. The van der Waals surface area contributed by atoms with Crippen LogP contribution in [0.2, 0.25) is 0 Å². The molecule has 164 valence electrons. The van der Waals surface area contributed by atoms with Crippen molar-refractivity contribution in [1.82, 2.24) is 0 Å². The average Bonchev–Trinajstić information content (AvgIpc) is 3.40. The molecule has 1 fully saturated rings. The van der Waals surface area contributed by atoms with Crippen LogP contribution in [0.3, 0.4) is 0 Å². The van der Waals surface area contributed by atoms with Crippen LogP contribution in [-0.2, 0) is 9.59 Å². The van der Waals surface area contributed by atoms with Crippen LogP contribution in [0.15, 0.2) is 71.6 Å². The minimum Gasteiger partial charge on any atom is -0.507 e. The number of nitrogens with zero attached hydrogens (tertiary/aromatic N) is 1. The number of aliphatic hydroxyl groups excluding tert-OH is 1. The third-order valence-corrected chi connectivity index (χ3v) is 6.01. The van der Waals surface area contributed by atoms with Crippen LogP contribution in [0.1, 0.15) is 30.3 Å². The van der Waals surface area contributed by atoms with Gasteiger partial charge in [-0.25, -0.2) is 0 Å². The molecule has 2 heterocycles. The summed E-state index contributed by atoms with van der Waals surface area (Å²) in [6, 6.07) is 16.8. The minimum absolute atomic E-state index is 0.0424. The number of hydrogen-bond acceptors (Lipinski definition) is 6. The highest BCUT2D eigenvalue weighted by atomic mass is 32.1. The lowest BCUT2D eigenvalue weighted by atomic mass is 9.99. The number of anilines is 1. The first-order valence-corrected chi connectivity index (χ1v) is 11.0. The molecule has 1 saturated heterocycles. The zero-order valence-corrected chi connectivity index (χ0v) is 18.8. The SMILES string of the molecule is COc1ccc(N2C(=O)C(=O)/C(=C(\O)c3cccc(OC(C)C)c3)C2c2cccs2)cc1. The highest BCUT2D eigenvalue weighted by Gasteiger charge is 2.47. The van der Waals surface area contributed by atoms with Crippen LogP contribution in [-0.4, -0.2) is 30.0 Å². The summed E-state index contributed by atoms with van der Waals surface area (Å²) in [7, 11) is 1.56. The minimum atomic E-state index is -0.738. The van der Waals surface area contributed by atoms with Crippen molar-refractivity contribution in [2.24, 2.45) is 0 Å². The van der Waals surface area contributed by atoms with Crippen LogP contribution in [0, 0.1) is 0 Å². The molecule has 3 aromatic rings. The topological polar surface area (TPSA) is 76.1 Å². The third kappa shape index (κ3) is 3.99. The van der Waals surface area contributed by atoms with Gasteiger partial charge in [-0.2, -0.15) is 0 Å². The maximum absolute atomic E-state index is 13.1. The quantitative estimate of drug-likeness (QED) is 0.319. The molecule has 0 aliphatic carbocycles. The summed E-state index contributed by atoms with van der Waals surface area (Å²) in [6.07, 6.45) is -0.0424. The molecule has 0 bridgehead atoms. The van der Waals surface area contributed by atoms with E-state index in [2.05, 4.69) is 0 Å². The van der Waals surface area contributed by atoms with Crippen molar-refractivity contribution in [3.63, 3.8) is 0 Å². The van der Waals surface area contributed by atoms with Gasteiger partial charge < -0.3 is 14.6 Å². The van der Waals surface area contributed by atoms with Crippen LogP contribution in [0.25, 0.3) is 5.76 Å². The molecule has 0 spiro atoms. The molecule has 1 aliphatic heterocycles. The number of carbonyl (C=O) groups is 2. The number of amides is 1. The van der Waals surface area contributed by atoms with Gasteiger partial charge in [0, 0.05) is 16.1 Å². The van der Waals surface area contributed by atoms with Gasteiger partial charge in [-0.05, 0) is 61.7 Å². The van der Waals surface area contributed by atoms with Gasteiger partial charge in [0.15, 0.2) is 0 Å². The summed E-state index contributed by atoms with van der Waals surface area (Å²) in [4.78, 5) is 28.4. The number of Topliss-reactive ketones (excluding diaryl/α,β-unsaturated/α-hetero) is 1. The second-order valence-electron chi connectivity index (χ2n) is 7.58. The Balaban J connectivity index is 1.85. The Bertz CT molecular complexity index is 1170. The maximum Gasteiger partial charge on any atom is 0.300 e. The van der Waals surface area contributed by atoms with E-state index in [0.29, 0.717) is 22.7 Å². The molecule has 7 heteroatoms. The fourth-order valence-electron chi connectivity index (χ4n) is 3.70. The van der Waals surface area contributed by atoms with Gasteiger partial charge in [0.25, 0.3) is 11.7 Å². The molecular weight excluding hydrogens is 426 g/mol. The highest BCUT2D eigenvalue weighted by molar-refractivity contribution is 7.10. The van der Waals surface area contributed by atoms with E-state index >= 15 is 0 Å². The predicted octanol–water partition coefficient (Wildman–Crippen LogP) is 5.17. The number of hydrogen-bond donors (Lipinski definition) is 1. The van der Waals surface area contributed by atoms with E-state index in [4.69, 9.17) is 9.47 Å². The van der Waals surface area contributed by atoms with E-state index < -0.39 is 17.7 Å². The normalized spacial score (nSPS) is 17.8.